The van der Waals surface area contributed by atoms with Crippen LogP contribution < -0.4 is 10.6 Å². The zero-order valence-corrected chi connectivity index (χ0v) is 20.0. The number of hydrogen-bond donors (Lipinski definition) is 2. The average Bonchev–Trinajstić information content (AvgIpc) is 2.63. The molecule has 0 aliphatic carbocycles. The minimum absolute atomic E-state index is 0. The van der Waals surface area contributed by atoms with E-state index in [4.69, 9.17) is 0 Å². The highest BCUT2D eigenvalue weighted by Gasteiger charge is 2.07. The van der Waals surface area contributed by atoms with Crippen molar-refractivity contribution in [3.63, 3.8) is 0 Å². The number of amides is 1. The minimum Gasteiger partial charge on any atom is -0.357 e. The van der Waals surface area contributed by atoms with E-state index in [-0.39, 0.29) is 35.7 Å². The summed E-state index contributed by atoms with van der Waals surface area (Å²) in [5.74, 6) is 0.330. The van der Waals surface area contributed by atoms with Gasteiger partial charge in [0.15, 0.2) is 5.96 Å². The number of aliphatic imine (C=N–C) groups is 1. The molecule has 2 rings (SSSR count). The van der Waals surface area contributed by atoms with Crippen LogP contribution in [-0.2, 0) is 13.1 Å². The second-order valence-corrected chi connectivity index (χ2v) is 7.14. The highest BCUT2D eigenvalue weighted by molar-refractivity contribution is 14.0. The van der Waals surface area contributed by atoms with Gasteiger partial charge in [0.2, 0.25) is 0 Å². The van der Waals surface area contributed by atoms with E-state index in [1.54, 1.807) is 19.0 Å². The zero-order valence-electron chi connectivity index (χ0n) is 16.1. The van der Waals surface area contributed by atoms with Gasteiger partial charge in [-0.25, -0.2) is 9.38 Å². The van der Waals surface area contributed by atoms with Gasteiger partial charge in [-0.1, -0.05) is 28.1 Å². The number of rotatable bonds is 6. The first-order chi connectivity index (χ1) is 12.9. The molecule has 0 aliphatic heterocycles. The lowest BCUT2D eigenvalue weighted by molar-refractivity contribution is 0.0827. The molecule has 0 fully saturated rings. The molecule has 8 heteroatoms. The summed E-state index contributed by atoms with van der Waals surface area (Å²) in [5, 5.41) is 6.42. The smallest absolute Gasteiger partial charge is 0.253 e. The fourth-order valence-electron chi connectivity index (χ4n) is 2.42. The molecule has 0 saturated carbocycles. The third-order valence-corrected chi connectivity index (χ3v) is 4.21. The lowest BCUT2D eigenvalue weighted by atomic mass is 10.1. The monoisotopic (exact) mass is 562 g/mol. The van der Waals surface area contributed by atoms with Gasteiger partial charge in [-0.3, -0.25) is 4.79 Å². The summed E-state index contributed by atoms with van der Waals surface area (Å²) in [6.07, 6.45) is 0. The van der Waals surface area contributed by atoms with Crippen LogP contribution in [0.2, 0.25) is 0 Å². The summed E-state index contributed by atoms with van der Waals surface area (Å²) in [4.78, 5) is 18.0. The fraction of sp³-hybridized carbons (Fsp3) is 0.300. The summed E-state index contributed by atoms with van der Waals surface area (Å²) >= 11 is 3.29. The molecule has 0 unspecified atom stereocenters. The predicted octanol–water partition coefficient (Wildman–Crippen LogP) is 4.16. The second kappa shape index (κ2) is 12.0. The van der Waals surface area contributed by atoms with Gasteiger partial charge in [-0.15, -0.1) is 24.0 Å². The average molecular weight is 563 g/mol. The van der Waals surface area contributed by atoms with Gasteiger partial charge in [-0.05, 0) is 48.4 Å². The molecule has 0 atom stereocenters. The molecule has 152 valence electrons. The number of nitrogens with zero attached hydrogens (tertiary/aromatic N) is 2. The molecule has 0 radical (unpaired) electrons. The topological polar surface area (TPSA) is 56.7 Å². The molecule has 2 N–H and O–H groups in total. The van der Waals surface area contributed by atoms with Crippen molar-refractivity contribution in [3.8, 4) is 0 Å². The van der Waals surface area contributed by atoms with Crippen LogP contribution in [0.25, 0.3) is 0 Å². The van der Waals surface area contributed by atoms with Crippen LogP contribution in [0.5, 0.6) is 0 Å². The van der Waals surface area contributed by atoms with E-state index < -0.39 is 0 Å². The standard InChI is InChI=1S/C20H24BrFN4O.HI/c1-4-23-20(25-13-15-9-17(21)11-18(22)10-15)24-12-14-5-7-16(8-6-14)19(27)26(2)3;/h5-11H,4,12-13H2,1-3H3,(H2,23,24,25);1H. The molecule has 1 amide bonds. The highest BCUT2D eigenvalue weighted by Crippen LogP contribution is 2.15. The Morgan fingerprint density at radius 1 is 1.11 bits per heavy atom. The largest absolute Gasteiger partial charge is 0.357 e. The van der Waals surface area contributed by atoms with Crippen molar-refractivity contribution in [3.05, 3.63) is 69.4 Å². The summed E-state index contributed by atoms with van der Waals surface area (Å²) in [7, 11) is 3.46. The van der Waals surface area contributed by atoms with Gasteiger partial charge in [0.05, 0.1) is 6.54 Å². The molecular formula is C20H25BrFIN4O. The number of hydrogen-bond acceptors (Lipinski definition) is 2. The van der Waals surface area contributed by atoms with Crippen molar-refractivity contribution in [2.24, 2.45) is 4.99 Å². The van der Waals surface area contributed by atoms with E-state index in [0.29, 0.717) is 29.1 Å². The van der Waals surface area contributed by atoms with E-state index in [1.807, 2.05) is 37.3 Å². The van der Waals surface area contributed by atoms with Crippen molar-refractivity contribution in [1.29, 1.82) is 0 Å². The number of carbonyl (C=O) groups is 1. The number of benzene rings is 2. The Morgan fingerprint density at radius 2 is 1.79 bits per heavy atom. The van der Waals surface area contributed by atoms with Crippen LogP contribution >= 0.6 is 39.9 Å². The molecule has 0 heterocycles. The van der Waals surface area contributed by atoms with Crippen molar-refractivity contribution in [2.45, 2.75) is 20.0 Å². The van der Waals surface area contributed by atoms with E-state index in [2.05, 4.69) is 31.6 Å². The maximum absolute atomic E-state index is 13.5. The van der Waals surface area contributed by atoms with Crippen LogP contribution in [0.3, 0.4) is 0 Å². The van der Waals surface area contributed by atoms with Gasteiger partial charge in [0, 0.05) is 37.2 Å². The van der Waals surface area contributed by atoms with Gasteiger partial charge in [0.1, 0.15) is 5.82 Å². The van der Waals surface area contributed by atoms with Crippen LogP contribution in [0.4, 0.5) is 4.39 Å². The second-order valence-electron chi connectivity index (χ2n) is 6.22. The minimum atomic E-state index is -0.292. The Hall–Kier alpha value is -1.68. The molecule has 28 heavy (non-hydrogen) atoms. The van der Waals surface area contributed by atoms with Gasteiger partial charge in [-0.2, -0.15) is 0 Å². The lowest BCUT2D eigenvalue weighted by Crippen LogP contribution is -2.36. The number of halogens is 3. The van der Waals surface area contributed by atoms with Gasteiger partial charge >= 0.3 is 0 Å². The Labute approximate surface area is 191 Å². The van der Waals surface area contributed by atoms with E-state index >= 15 is 0 Å². The summed E-state index contributed by atoms with van der Waals surface area (Å²) in [6, 6.07) is 12.2. The summed E-state index contributed by atoms with van der Waals surface area (Å²) in [6.45, 7) is 3.63. The SMILES string of the molecule is CCNC(=NCc1cc(F)cc(Br)c1)NCc1ccc(C(=O)N(C)C)cc1.I. The predicted molar refractivity (Wildman–Crippen MR) is 126 cm³/mol. The summed E-state index contributed by atoms with van der Waals surface area (Å²) < 4.78 is 14.2. The van der Waals surface area contributed by atoms with E-state index in [1.165, 1.54) is 12.1 Å². The molecule has 0 bridgehead atoms. The van der Waals surface area contributed by atoms with Crippen LogP contribution in [0.15, 0.2) is 51.9 Å². The first kappa shape index (κ1) is 24.4. The maximum Gasteiger partial charge on any atom is 0.253 e. The third-order valence-electron chi connectivity index (χ3n) is 3.75. The molecular weight excluding hydrogens is 538 g/mol. The van der Waals surface area contributed by atoms with Gasteiger partial charge < -0.3 is 15.5 Å². The number of guanidine groups is 1. The van der Waals surface area contributed by atoms with Crippen molar-refractivity contribution in [1.82, 2.24) is 15.5 Å². The Morgan fingerprint density at radius 3 is 2.36 bits per heavy atom. The lowest BCUT2D eigenvalue weighted by Gasteiger charge is -2.13. The first-order valence-electron chi connectivity index (χ1n) is 8.66. The molecule has 2 aromatic carbocycles. The van der Waals surface area contributed by atoms with Crippen molar-refractivity contribution >= 4 is 51.8 Å². The summed E-state index contributed by atoms with van der Waals surface area (Å²) in [5.41, 5.74) is 2.47. The van der Waals surface area contributed by atoms with Crippen LogP contribution in [0.1, 0.15) is 28.4 Å². The molecule has 2 aromatic rings. The molecule has 0 aliphatic rings. The molecule has 5 nitrogen and oxygen atoms in total. The highest BCUT2D eigenvalue weighted by atomic mass is 127. The molecule has 0 aromatic heterocycles. The number of carbonyl (C=O) groups excluding carboxylic acids is 1. The molecule has 0 spiro atoms. The van der Waals surface area contributed by atoms with Gasteiger partial charge in [0.25, 0.3) is 5.91 Å². The Balaban J connectivity index is 0.00000392. The van der Waals surface area contributed by atoms with Crippen molar-refractivity contribution < 1.29 is 9.18 Å². The normalized spacial score (nSPS) is 10.8. The van der Waals surface area contributed by atoms with Crippen LogP contribution in [-0.4, -0.2) is 37.4 Å². The van der Waals surface area contributed by atoms with E-state index in [0.717, 1.165) is 17.7 Å². The number of nitrogens with one attached hydrogen (secondary N) is 2. The quantitative estimate of drug-likeness (QED) is 0.316. The zero-order chi connectivity index (χ0) is 19.8. The maximum atomic E-state index is 13.5. The first-order valence-corrected chi connectivity index (χ1v) is 9.46. The third kappa shape index (κ3) is 7.75. The Kier molecular flexibility index (Phi) is 10.4. The fourth-order valence-corrected chi connectivity index (χ4v) is 2.94. The Bertz CT molecular complexity index is 792. The van der Waals surface area contributed by atoms with Crippen LogP contribution in [0, 0.1) is 5.82 Å². The molecule has 0 saturated heterocycles. The van der Waals surface area contributed by atoms with Crippen molar-refractivity contribution in [2.75, 3.05) is 20.6 Å². The van der Waals surface area contributed by atoms with E-state index in [9.17, 15) is 9.18 Å².